The average Bonchev–Trinajstić information content (AvgIpc) is 3.13. The van der Waals surface area contributed by atoms with Crippen molar-refractivity contribution in [3.8, 4) is 0 Å². The highest BCUT2D eigenvalue weighted by atomic mass is 79.9. The summed E-state index contributed by atoms with van der Waals surface area (Å²) >= 11 is 3.50. The second kappa shape index (κ2) is 11.3. The molecule has 0 radical (unpaired) electrons. The van der Waals surface area contributed by atoms with Crippen molar-refractivity contribution in [3.05, 3.63) is 46.6 Å². The lowest BCUT2D eigenvalue weighted by Gasteiger charge is -2.17. The number of amides is 1. The molecular weight excluding hydrogens is 474 g/mol. The van der Waals surface area contributed by atoms with Crippen LogP contribution in [0.4, 0.5) is 17.3 Å². The van der Waals surface area contributed by atoms with Crippen LogP contribution in [0.15, 0.2) is 41.0 Å². The molecule has 3 rings (SSSR count). The van der Waals surface area contributed by atoms with E-state index in [-0.39, 0.29) is 18.6 Å². The van der Waals surface area contributed by atoms with E-state index in [1.54, 1.807) is 10.7 Å². The molecule has 0 aliphatic heterocycles. The van der Waals surface area contributed by atoms with Crippen LogP contribution in [0.2, 0.25) is 0 Å². The highest BCUT2D eigenvalue weighted by Gasteiger charge is 2.13. The number of fused-ring (bicyclic) bond motifs is 1. The Balaban J connectivity index is 1.72. The molecule has 2 heterocycles. The highest BCUT2D eigenvalue weighted by Crippen LogP contribution is 2.23. The van der Waals surface area contributed by atoms with Crippen LogP contribution in [0.3, 0.4) is 0 Å². The van der Waals surface area contributed by atoms with Crippen LogP contribution in [-0.4, -0.2) is 63.8 Å². The predicted octanol–water partition coefficient (Wildman–Crippen LogP) is 3.18. The highest BCUT2D eigenvalue weighted by molar-refractivity contribution is 9.10. The Hall–Kier alpha value is -2.69. The molecule has 172 valence electrons. The number of carbonyl (C=O) groups excluding carboxylic acids is 1. The van der Waals surface area contributed by atoms with Gasteiger partial charge < -0.3 is 26.0 Å². The first-order valence-corrected chi connectivity index (χ1v) is 11.4. The van der Waals surface area contributed by atoms with Crippen LogP contribution >= 0.6 is 15.9 Å². The molecule has 0 aliphatic carbocycles. The van der Waals surface area contributed by atoms with Gasteiger partial charge in [-0.1, -0.05) is 25.5 Å². The number of hydrogen-bond acceptors (Lipinski definition) is 7. The van der Waals surface area contributed by atoms with E-state index in [9.17, 15) is 9.90 Å². The fourth-order valence-corrected chi connectivity index (χ4v) is 3.64. The number of benzene rings is 1. The molecule has 0 spiro atoms. The minimum atomic E-state index is -0.0558. The maximum absolute atomic E-state index is 11.9. The minimum Gasteiger partial charge on any atom is -0.394 e. The van der Waals surface area contributed by atoms with Crippen LogP contribution in [0.1, 0.15) is 25.3 Å². The molecule has 9 nitrogen and oxygen atoms in total. The quantitative estimate of drug-likeness (QED) is 0.318. The molecule has 4 N–H and O–H groups in total. The third-order valence-corrected chi connectivity index (χ3v) is 5.37. The Morgan fingerprint density at radius 1 is 1.28 bits per heavy atom. The average molecular weight is 504 g/mol. The Morgan fingerprint density at radius 3 is 2.69 bits per heavy atom. The molecule has 10 heteroatoms. The van der Waals surface area contributed by atoms with Gasteiger partial charge in [-0.3, -0.25) is 4.79 Å². The van der Waals surface area contributed by atoms with Gasteiger partial charge in [-0.2, -0.15) is 9.61 Å². The van der Waals surface area contributed by atoms with Gasteiger partial charge in [0.25, 0.3) is 0 Å². The van der Waals surface area contributed by atoms with Gasteiger partial charge >= 0.3 is 0 Å². The van der Waals surface area contributed by atoms with E-state index in [0.717, 1.165) is 34.4 Å². The number of anilines is 3. The van der Waals surface area contributed by atoms with Gasteiger partial charge in [-0.15, -0.1) is 0 Å². The first kappa shape index (κ1) is 24.0. The molecule has 1 amide bonds. The lowest BCUT2D eigenvalue weighted by atomic mass is 10.2. The zero-order valence-electron chi connectivity index (χ0n) is 18.6. The number of carbonyl (C=O) groups is 1. The Labute approximate surface area is 196 Å². The standard InChI is InChI=1S/C22H30BrN7O2/c1-4-5-17(14-31)26-19-10-20(30-22(28-19)18(23)12-25-30)24-11-15-6-8-16(9-7-15)27-21(32)13-29(2)3/h6-10,12,17,24,31H,4-5,11,13-14H2,1-3H3,(H,26,28)(H,27,32)/t17-/m1/s1. The number of aliphatic hydroxyl groups is 1. The van der Waals surface area contributed by atoms with Gasteiger partial charge in [0, 0.05) is 18.3 Å². The molecule has 0 unspecified atom stereocenters. The first-order chi connectivity index (χ1) is 15.4. The number of halogens is 1. The zero-order chi connectivity index (χ0) is 23.1. The van der Waals surface area contributed by atoms with E-state index in [1.807, 2.05) is 49.3 Å². The van der Waals surface area contributed by atoms with Crippen molar-refractivity contribution in [2.24, 2.45) is 0 Å². The summed E-state index contributed by atoms with van der Waals surface area (Å²) < 4.78 is 2.52. The van der Waals surface area contributed by atoms with Gasteiger partial charge in [0.1, 0.15) is 11.6 Å². The first-order valence-electron chi connectivity index (χ1n) is 10.6. The smallest absolute Gasteiger partial charge is 0.238 e. The molecule has 1 atom stereocenters. The van der Waals surface area contributed by atoms with Gasteiger partial charge in [0.05, 0.1) is 29.9 Å². The van der Waals surface area contributed by atoms with Crippen molar-refractivity contribution in [1.29, 1.82) is 0 Å². The number of nitrogens with one attached hydrogen (secondary N) is 3. The molecule has 0 saturated carbocycles. The van der Waals surface area contributed by atoms with Gasteiger partial charge in [-0.05, 0) is 54.1 Å². The third-order valence-electron chi connectivity index (χ3n) is 4.81. The Morgan fingerprint density at radius 2 is 2.03 bits per heavy atom. The number of aromatic nitrogens is 3. The van der Waals surface area contributed by atoms with E-state index < -0.39 is 0 Å². The van der Waals surface area contributed by atoms with Gasteiger partial charge in [0.15, 0.2) is 5.65 Å². The fraction of sp³-hybridized carbons (Fsp3) is 0.409. The maximum Gasteiger partial charge on any atom is 0.238 e. The topological polar surface area (TPSA) is 107 Å². The lowest BCUT2D eigenvalue weighted by molar-refractivity contribution is -0.116. The van der Waals surface area contributed by atoms with Gasteiger partial charge in [0.2, 0.25) is 5.91 Å². The Kier molecular flexibility index (Phi) is 8.43. The molecule has 3 aromatic rings. The summed E-state index contributed by atoms with van der Waals surface area (Å²) in [5.74, 6) is 1.40. The van der Waals surface area contributed by atoms with Crippen molar-refractivity contribution >= 4 is 44.8 Å². The van der Waals surface area contributed by atoms with Crippen molar-refractivity contribution in [2.75, 3.05) is 43.2 Å². The van der Waals surface area contributed by atoms with Crippen molar-refractivity contribution < 1.29 is 9.90 Å². The molecule has 2 aromatic heterocycles. The number of likely N-dealkylation sites (N-methyl/N-ethyl adjacent to an activating group) is 1. The molecule has 32 heavy (non-hydrogen) atoms. The summed E-state index contributed by atoms with van der Waals surface area (Å²) in [6, 6.07) is 9.55. The summed E-state index contributed by atoms with van der Waals surface area (Å²) in [7, 11) is 3.72. The zero-order valence-corrected chi connectivity index (χ0v) is 20.2. The summed E-state index contributed by atoms with van der Waals surface area (Å²) in [6.45, 7) is 3.04. The molecule has 0 aliphatic rings. The monoisotopic (exact) mass is 503 g/mol. The van der Waals surface area contributed by atoms with E-state index in [4.69, 9.17) is 0 Å². The summed E-state index contributed by atoms with van der Waals surface area (Å²) in [6.07, 6.45) is 3.52. The number of rotatable bonds is 11. The molecule has 0 fully saturated rings. The summed E-state index contributed by atoms with van der Waals surface area (Å²) in [5, 5.41) is 23.6. The van der Waals surface area contributed by atoms with E-state index in [1.165, 1.54) is 0 Å². The van der Waals surface area contributed by atoms with Crippen molar-refractivity contribution in [3.63, 3.8) is 0 Å². The van der Waals surface area contributed by atoms with Crippen molar-refractivity contribution in [1.82, 2.24) is 19.5 Å². The summed E-state index contributed by atoms with van der Waals surface area (Å²) in [4.78, 5) is 18.4. The van der Waals surface area contributed by atoms with Gasteiger partial charge in [-0.25, -0.2) is 4.98 Å². The Bertz CT molecular complexity index is 1040. The SMILES string of the molecule is CCC[C@H](CO)Nc1cc(NCc2ccc(NC(=O)CN(C)C)cc2)n2ncc(Br)c2n1. The molecule has 1 aromatic carbocycles. The summed E-state index contributed by atoms with van der Waals surface area (Å²) in [5.41, 5.74) is 2.51. The van der Waals surface area contributed by atoms with E-state index >= 15 is 0 Å². The van der Waals surface area contributed by atoms with Crippen LogP contribution in [0.5, 0.6) is 0 Å². The van der Waals surface area contributed by atoms with E-state index in [2.05, 4.69) is 48.9 Å². The largest absolute Gasteiger partial charge is 0.394 e. The normalized spacial score (nSPS) is 12.2. The minimum absolute atomic E-state index is 0.0430. The fourth-order valence-electron chi connectivity index (χ4n) is 3.29. The molecular formula is C22H30BrN7O2. The number of aliphatic hydroxyl groups excluding tert-OH is 1. The van der Waals surface area contributed by atoms with Crippen molar-refractivity contribution in [2.45, 2.75) is 32.4 Å². The second-order valence-corrected chi connectivity index (χ2v) is 8.76. The van der Waals surface area contributed by atoms with Crippen LogP contribution < -0.4 is 16.0 Å². The number of hydrogen-bond donors (Lipinski definition) is 4. The lowest BCUT2D eigenvalue weighted by Crippen LogP contribution is -2.27. The maximum atomic E-state index is 11.9. The van der Waals surface area contributed by atoms with Crippen LogP contribution in [0, 0.1) is 0 Å². The molecule has 0 saturated heterocycles. The van der Waals surface area contributed by atoms with Crippen LogP contribution in [0.25, 0.3) is 5.65 Å². The third kappa shape index (κ3) is 6.41. The predicted molar refractivity (Wildman–Crippen MR) is 131 cm³/mol. The molecule has 0 bridgehead atoms. The van der Waals surface area contributed by atoms with Crippen LogP contribution in [-0.2, 0) is 11.3 Å². The second-order valence-electron chi connectivity index (χ2n) is 7.90. The van der Waals surface area contributed by atoms with E-state index in [0.29, 0.717) is 24.6 Å². The number of nitrogens with zero attached hydrogens (tertiary/aromatic N) is 4.